The van der Waals surface area contributed by atoms with Crippen molar-refractivity contribution >= 4 is 26.7 Å². The molecule has 198 valence electrons. The molecule has 0 fully saturated rings. The number of rotatable bonds is 8. The lowest BCUT2D eigenvalue weighted by molar-refractivity contribution is 0.00295. The molecule has 5 rings (SSSR count). The van der Waals surface area contributed by atoms with Crippen LogP contribution in [0.4, 0.5) is 0 Å². The second-order valence-electron chi connectivity index (χ2n) is 11.1. The van der Waals surface area contributed by atoms with Gasteiger partial charge < -0.3 is 14.7 Å². The van der Waals surface area contributed by atoms with Gasteiger partial charge in [-0.1, -0.05) is 70.0 Å². The summed E-state index contributed by atoms with van der Waals surface area (Å²) in [6.07, 6.45) is 5.07. The Balaban J connectivity index is 1.82. The minimum Gasteiger partial charge on any atom is -0.496 e. The van der Waals surface area contributed by atoms with E-state index in [1.165, 1.54) is 23.1 Å². The zero-order chi connectivity index (χ0) is 26.9. The zero-order valence-electron chi connectivity index (χ0n) is 22.9. The summed E-state index contributed by atoms with van der Waals surface area (Å²) in [4.78, 5) is 2.17. The van der Waals surface area contributed by atoms with Gasteiger partial charge in [-0.3, -0.25) is 0 Å². The van der Waals surface area contributed by atoms with Crippen LogP contribution in [0.2, 0.25) is 0 Å². The molecule has 0 unspecified atom stereocenters. The van der Waals surface area contributed by atoms with Crippen molar-refractivity contribution in [3.63, 3.8) is 0 Å². The summed E-state index contributed by atoms with van der Waals surface area (Å²) in [6, 6.07) is 25.8. The van der Waals surface area contributed by atoms with Crippen LogP contribution in [-0.4, -0.2) is 37.8 Å². The number of ether oxygens (including phenoxy) is 1. The molecular formula is C34H38BrNO2. The van der Waals surface area contributed by atoms with Crippen molar-refractivity contribution in [1.82, 2.24) is 4.90 Å². The van der Waals surface area contributed by atoms with Gasteiger partial charge in [-0.05, 0) is 110 Å². The van der Waals surface area contributed by atoms with E-state index in [1.807, 2.05) is 0 Å². The molecule has 1 N–H and O–H groups in total. The van der Waals surface area contributed by atoms with Crippen LogP contribution >= 0.6 is 15.9 Å². The maximum Gasteiger partial charge on any atom is 0.123 e. The van der Waals surface area contributed by atoms with Crippen LogP contribution in [0.15, 0.2) is 77.3 Å². The molecule has 4 aromatic rings. The molecule has 3 nitrogen and oxygen atoms in total. The van der Waals surface area contributed by atoms with E-state index in [-0.39, 0.29) is 5.92 Å². The van der Waals surface area contributed by atoms with Gasteiger partial charge in [0.25, 0.3) is 0 Å². The first-order valence-electron chi connectivity index (χ1n) is 13.6. The molecule has 2 atom stereocenters. The minimum atomic E-state index is -1.13. The number of benzene rings is 4. The molecule has 4 heteroatoms. The van der Waals surface area contributed by atoms with Crippen LogP contribution in [0.3, 0.4) is 0 Å². The van der Waals surface area contributed by atoms with Crippen LogP contribution in [0, 0.1) is 6.92 Å². The first-order chi connectivity index (χ1) is 18.3. The Labute approximate surface area is 235 Å². The number of methoxy groups -OCH3 is 1. The highest BCUT2D eigenvalue weighted by Gasteiger charge is 2.43. The van der Waals surface area contributed by atoms with Crippen molar-refractivity contribution in [2.24, 2.45) is 0 Å². The van der Waals surface area contributed by atoms with E-state index in [0.717, 1.165) is 63.5 Å². The van der Waals surface area contributed by atoms with Crippen molar-refractivity contribution in [1.29, 1.82) is 0 Å². The normalized spacial score (nSPS) is 15.8. The summed E-state index contributed by atoms with van der Waals surface area (Å²) in [6.45, 7) is 2.89. The Hall–Kier alpha value is -2.66. The van der Waals surface area contributed by atoms with Crippen molar-refractivity contribution in [3.8, 4) is 5.75 Å². The van der Waals surface area contributed by atoms with Gasteiger partial charge in [0.15, 0.2) is 0 Å². The summed E-state index contributed by atoms with van der Waals surface area (Å²) < 4.78 is 7.09. The maximum atomic E-state index is 13.2. The van der Waals surface area contributed by atoms with Crippen LogP contribution in [0.1, 0.15) is 58.6 Å². The number of hydrogen-bond acceptors (Lipinski definition) is 3. The van der Waals surface area contributed by atoms with Crippen molar-refractivity contribution in [3.05, 3.63) is 111 Å². The first-order valence-corrected chi connectivity index (χ1v) is 14.4. The quantitative estimate of drug-likeness (QED) is 0.234. The number of nitrogens with zero attached hydrogens (tertiary/aromatic N) is 1. The van der Waals surface area contributed by atoms with Crippen molar-refractivity contribution < 1.29 is 9.84 Å². The molecule has 0 bridgehead atoms. The van der Waals surface area contributed by atoms with Gasteiger partial charge in [-0.25, -0.2) is 0 Å². The van der Waals surface area contributed by atoms with Gasteiger partial charge in [0.2, 0.25) is 0 Å². The van der Waals surface area contributed by atoms with Gasteiger partial charge in [0.1, 0.15) is 11.4 Å². The largest absolute Gasteiger partial charge is 0.496 e. The second kappa shape index (κ2) is 11.2. The molecule has 38 heavy (non-hydrogen) atoms. The molecule has 0 spiro atoms. The van der Waals surface area contributed by atoms with E-state index in [1.54, 1.807) is 7.11 Å². The topological polar surface area (TPSA) is 32.7 Å². The fraction of sp³-hybridized carbons (Fsp3) is 0.353. The number of aryl methyl sites for hydroxylation is 2. The van der Waals surface area contributed by atoms with Gasteiger partial charge in [0.05, 0.1) is 7.11 Å². The summed E-state index contributed by atoms with van der Waals surface area (Å²) in [7, 11) is 5.90. The predicted octanol–water partition coefficient (Wildman–Crippen LogP) is 7.77. The number of halogens is 1. The van der Waals surface area contributed by atoms with E-state index < -0.39 is 5.60 Å². The number of hydrogen-bond donors (Lipinski definition) is 1. The summed E-state index contributed by atoms with van der Waals surface area (Å²) in [5, 5.41) is 15.4. The Bertz CT molecular complexity index is 1450. The molecule has 0 saturated carbocycles. The molecule has 0 radical (unpaired) electrons. The fourth-order valence-corrected chi connectivity index (χ4v) is 6.62. The molecule has 1 aliphatic carbocycles. The molecular weight excluding hydrogens is 534 g/mol. The lowest BCUT2D eigenvalue weighted by atomic mass is 9.68. The predicted molar refractivity (Wildman–Crippen MR) is 161 cm³/mol. The third-order valence-corrected chi connectivity index (χ3v) is 8.61. The smallest absolute Gasteiger partial charge is 0.123 e. The van der Waals surface area contributed by atoms with Crippen LogP contribution in [-0.2, 0) is 18.4 Å². The molecule has 4 aromatic carbocycles. The average molecular weight is 573 g/mol. The highest BCUT2D eigenvalue weighted by Crippen LogP contribution is 2.50. The standard InChI is InChI=1S/C34H38BrNO2/c1-23-9-7-12-26(19-23)33(30-21-27-20-28(35)16-15-25(27)22-32(30)38-4)34(37,17-18-36(2)3)31-14-8-11-24-10-5-6-13-29(24)31/h7-9,11-12,14-16,19-22,33,37H,5-6,10,13,17-18H2,1-4H3/t33-,34-/m1/s1. The third kappa shape index (κ3) is 5.27. The van der Waals surface area contributed by atoms with Crippen molar-refractivity contribution in [2.75, 3.05) is 27.7 Å². The molecule has 0 heterocycles. The van der Waals surface area contributed by atoms with E-state index >= 15 is 0 Å². The maximum absolute atomic E-state index is 13.2. The molecule has 0 amide bonds. The fourth-order valence-electron chi connectivity index (χ4n) is 6.25. The Kier molecular flexibility index (Phi) is 7.95. The van der Waals surface area contributed by atoms with Crippen molar-refractivity contribution in [2.45, 2.75) is 50.5 Å². The number of fused-ring (bicyclic) bond motifs is 2. The van der Waals surface area contributed by atoms with Crippen LogP contribution in [0.25, 0.3) is 10.8 Å². The lowest BCUT2D eigenvalue weighted by Gasteiger charge is -2.41. The van der Waals surface area contributed by atoms with Gasteiger partial charge in [-0.15, -0.1) is 0 Å². The van der Waals surface area contributed by atoms with Crippen LogP contribution < -0.4 is 4.74 Å². The molecule has 0 saturated heterocycles. The van der Waals surface area contributed by atoms with E-state index in [0.29, 0.717) is 6.42 Å². The average Bonchev–Trinajstić information content (AvgIpc) is 2.91. The summed E-state index contributed by atoms with van der Waals surface area (Å²) in [5.41, 5.74) is 5.95. The Morgan fingerprint density at radius 3 is 2.50 bits per heavy atom. The molecule has 1 aliphatic rings. The number of aliphatic hydroxyl groups is 1. The summed E-state index contributed by atoms with van der Waals surface area (Å²) >= 11 is 3.66. The monoisotopic (exact) mass is 571 g/mol. The highest BCUT2D eigenvalue weighted by atomic mass is 79.9. The highest BCUT2D eigenvalue weighted by molar-refractivity contribution is 9.10. The van der Waals surface area contributed by atoms with E-state index in [9.17, 15) is 5.11 Å². The SMILES string of the molecule is COc1cc2ccc(Br)cc2cc1[C@@H](c1cccc(C)c1)[C@@](O)(CCN(C)C)c1cccc2c1CCCC2. The van der Waals surface area contributed by atoms with Gasteiger partial charge in [0, 0.05) is 22.5 Å². The van der Waals surface area contributed by atoms with E-state index in [2.05, 4.69) is 115 Å². The first kappa shape index (κ1) is 26.9. The summed E-state index contributed by atoms with van der Waals surface area (Å²) in [5.74, 6) is 0.494. The Morgan fingerprint density at radius 2 is 1.74 bits per heavy atom. The zero-order valence-corrected chi connectivity index (χ0v) is 24.5. The van der Waals surface area contributed by atoms with Gasteiger partial charge in [-0.2, -0.15) is 0 Å². The third-order valence-electron chi connectivity index (χ3n) is 8.12. The molecule has 0 aromatic heterocycles. The Morgan fingerprint density at radius 1 is 0.947 bits per heavy atom. The van der Waals surface area contributed by atoms with E-state index in [4.69, 9.17) is 4.74 Å². The second-order valence-corrected chi connectivity index (χ2v) is 12.0. The van der Waals surface area contributed by atoms with Crippen LogP contribution in [0.5, 0.6) is 5.75 Å². The minimum absolute atomic E-state index is 0.311. The van der Waals surface area contributed by atoms with Gasteiger partial charge >= 0.3 is 0 Å². The lowest BCUT2D eigenvalue weighted by Crippen LogP contribution is -2.39. The molecule has 0 aliphatic heterocycles.